The number of likely N-dealkylation sites (N-methyl/N-ethyl adjacent to an activating group) is 1. The molecule has 0 saturated heterocycles. The second-order valence-electron chi connectivity index (χ2n) is 5.64. The van der Waals surface area contributed by atoms with Crippen molar-refractivity contribution in [1.82, 2.24) is 0 Å². The Morgan fingerprint density at radius 3 is 2.48 bits per heavy atom. The normalized spacial score (nSPS) is 13.1. The Morgan fingerprint density at radius 2 is 1.95 bits per heavy atom. The van der Waals surface area contributed by atoms with E-state index in [2.05, 4.69) is 15.9 Å². The molecule has 1 rings (SSSR count). The number of rotatable bonds is 4. The highest BCUT2D eigenvalue weighted by molar-refractivity contribution is 9.10. The highest BCUT2D eigenvalue weighted by Gasteiger charge is 2.24. The highest BCUT2D eigenvalue weighted by Crippen LogP contribution is 2.26. The fourth-order valence-corrected chi connectivity index (χ4v) is 1.86. The maximum absolute atomic E-state index is 13.8. The number of nitrogens with zero attached hydrogens (tertiary/aromatic N) is 1. The summed E-state index contributed by atoms with van der Waals surface area (Å²) < 4.78 is 32.7. The lowest BCUT2D eigenvalue weighted by atomic mass is 10.2. The molecule has 1 atom stereocenters. The van der Waals surface area contributed by atoms with Crippen LogP contribution < -0.4 is 10.6 Å². The number of halogens is 3. The molecule has 0 unspecified atom stereocenters. The average molecular weight is 365 g/mol. The van der Waals surface area contributed by atoms with Crippen LogP contribution in [0, 0.1) is 11.6 Å². The summed E-state index contributed by atoms with van der Waals surface area (Å²) in [7, 11) is 1.34. The van der Waals surface area contributed by atoms with Gasteiger partial charge in [0.15, 0.2) is 0 Å². The Bertz CT molecular complexity index is 532. The van der Waals surface area contributed by atoms with Crippen molar-refractivity contribution in [3.63, 3.8) is 0 Å². The van der Waals surface area contributed by atoms with Crippen LogP contribution in [-0.4, -0.2) is 31.2 Å². The van der Waals surface area contributed by atoms with E-state index < -0.39 is 29.2 Å². The third-order valence-electron chi connectivity index (χ3n) is 2.69. The van der Waals surface area contributed by atoms with Gasteiger partial charge in [-0.2, -0.15) is 0 Å². The fourth-order valence-electron chi connectivity index (χ4n) is 1.55. The molecule has 0 aliphatic heterocycles. The van der Waals surface area contributed by atoms with Gasteiger partial charge in [-0.1, -0.05) is 0 Å². The van der Waals surface area contributed by atoms with Crippen LogP contribution in [-0.2, 0) is 9.53 Å². The summed E-state index contributed by atoms with van der Waals surface area (Å²) >= 11 is 2.88. The number of amides is 1. The molecule has 4 nitrogen and oxygen atoms in total. The summed E-state index contributed by atoms with van der Waals surface area (Å²) in [6.07, 6.45) is 0. The Labute approximate surface area is 131 Å². The van der Waals surface area contributed by atoms with Gasteiger partial charge in [0.1, 0.15) is 17.7 Å². The first kappa shape index (κ1) is 18.0. The van der Waals surface area contributed by atoms with Gasteiger partial charge in [-0.05, 0) is 42.8 Å². The van der Waals surface area contributed by atoms with Gasteiger partial charge < -0.3 is 15.4 Å². The summed E-state index contributed by atoms with van der Waals surface area (Å²) in [5.41, 5.74) is 5.13. The van der Waals surface area contributed by atoms with Crippen LogP contribution in [0.5, 0.6) is 0 Å². The molecular formula is C14H19BrF2N2O2. The highest BCUT2D eigenvalue weighted by atomic mass is 79.9. The van der Waals surface area contributed by atoms with E-state index in [0.717, 1.165) is 17.0 Å². The SMILES string of the molecule is CN(C(=O)[C@@H](N)COC(C)(C)C)c1cc(F)c(Br)cc1F. The Kier molecular flexibility index (Phi) is 5.83. The monoisotopic (exact) mass is 364 g/mol. The van der Waals surface area contributed by atoms with E-state index in [-0.39, 0.29) is 16.8 Å². The summed E-state index contributed by atoms with van der Waals surface area (Å²) in [5, 5.41) is 0. The van der Waals surface area contributed by atoms with Gasteiger partial charge in [0, 0.05) is 13.1 Å². The lowest BCUT2D eigenvalue weighted by Crippen LogP contribution is -2.46. The average Bonchev–Trinajstić information content (AvgIpc) is 2.37. The topological polar surface area (TPSA) is 55.6 Å². The van der Waals surface area contributed by atoms with Crippen LogP contribution in [0.2, 0.25) is 0 Å². The smallest absolute Gasteiger partial charge is 0.246 e. The van der Waals surface area contributed by atoms with Crippen LogP contribution in [0.4, 0.5) is 14.5 Å². The molecule has 0 heterocycles. The minimum atomic E-state index is -0.958. The van der Waals surface area contributed by atoms with E-state index in [1.165, 1.54) is 7.05 Å². The fraction of sp³-hybridized carbons (Fsp3) is 0.500. The largest absolute Gasteiger partial charge is 0.374 e. The van der Waals surface area contributed by atoms with Gasteiger partial charge in [0.25, 0.3) is 0 Å². The molecule has 0 spiro atoms. The molecule has 2 N–H and O–H groups in total. The number of anilines is 1. The molecular weight excluding hydrogens is 346 g/mol. The van der Waals surface area contributed by atoms with E-state index in [4.69, 9.17) is 10.5 Å². The Morgan fingerprint density at radius 1 is 1.38 bits per heavy atom. The zero-order valence-electron chi connectivity index (χ0n) is 12.4. The molecule has 1 aromatic carbocycles. The lowest BCUT2D eigenvalue weighted by Gasteiger charge is -2.25. The summed E-state index contributed by atoms with van der Waals surface area (Å²) in [6, 6.07) is 0.945. The molecule has 7 heteroatoms. The molecule has 0 bridgehead atoms. The molecule has 0 radical (unpaired) electrons. The van der Waals surface area contributed by atoms with Gasteiger partial charge in [-0.25, -0.2) is 8.78 Å². The standard InChI is InChI=1S/C14H19BrF2N2O2/c1-14(2,3)21-7-11(18)13(20)19(4)12-6-9(16)8(15)5-10(12)17/h5-6,11H,7,18H2,1-4H3/t11-/m0/s1. The zero-order chi connectivity index (χ0) is 16.4. The van der Waals surface area contributed by atoms with Crippen molar-refractivity contribution < 1.29 is 18.3 Å². The van der Waals surface area contributed by atoms with E-state index in [1.807, 2.05) is 20.8 Å². The van der Waals surface area contributed by atoms with E-state index in [0.29, 0.717) is 0 Å². The molecule has 0 aliphatic rings. The molecule has 21 heavy (non-hydrogen) atoms. The molecule has 118 valence electrons. The van der Waals surface area contributed by atoms with E-state index in [1.54, 1.807) is 0 Å². The Hall–Kier alpha value is -1.05. The maximum atomic E-state index is 13.8. The number of nitrogens with two attached hydrogens (primary N) is 1. The van der Waals surface area contributed by atoms with Crippen molar-refractivity contribution in [1.29, 1.82) is 0 Å². The predicted molar refractivity (Wildman–Crippen MR) is 81.1 cm³/mol. The lowest BCUT2D eigenvalue weighted by molar-refractivity contribution is -0.122. The third kappa shape index (κ3) is 5.01. The number of carbonyl (C=O) groups is 1. The van der Waals surface area contributed by atoms with Crippen molar-refractivity contribution in [2.24, 2.45) is 5.73 Å². The minimum absolute atomic E-state index is 0.00664. The summed E-state index contributed by atoms with van der Waals surface area (Å²) in [4.78, 5) is 13.1. The first-order valence-electron chi connectivity index (χ1n) is 6.34. The zero-order valence-corrected chi connectivity index (χ0v) is 14.0. The van der Waals surface area contributed by atoms with Gasteiger partial charge in [-0.15, -0.1) is 0 Å². The predicted octanol–water partition coefficient (Wildman–Crippen LogP) is 2.83. The van der Waals surface area contributed by atoms with Crippen molar-refractivity contribution in [2.45, 2.75) is 32.4 Å². The number of hydrogen-bond acceptors (Lipinski definition) is 3. The second kappa shape index (κ2) is 6.81. The van der Waals surface area contributed by atoms with Crippen molar-refractivity contribution in [3.05, 3.63) is 28.2 Å². The van der Waals surface area contributed by atoms with Crippen molar-refractivity contribution in [3.8, 4) is 0 Å². The van der Waals surface area contributed by atoms with Crippen LogP contribution in [0.15, 0.2) is 16.6 Å². The van der Waals surface area contributed by atoms with Crippen LogP contribution in [0.3, 0.4) is 0 Å². The number of carbonyl (C=O) groups excluding carboxylic acids is 1. The van der Waals surface area contributed by atoms with Gasteiger partial charge in [0.2, 0.25) is 5.91 Å². The van der Waals surface area contributed by atoms with Gasteiger partial charge >= 0.3 is 0 Å². The second-order valence-corrected chi connectivity index (χ2v) is 6.50. The van der Waals surface area contributed by atoms with Crippen LogP contribution in [0.25, 0.3) is 0 Å². The number of hydrogen-bond donors (Lipinski definition) is 1. The van der Waals surface area contributed by atoms with Crippen molar-refractivity contribution >= 4 is 27.5 Å². The first-order valence-corrected chi connectivity index (χ1v) is 7.14. The maximum Gasteiger partial charge on any atom is 0.246 e. The number of benzene rings is 1. The van der Waals surface area contributed by atoms with Gasteiger partial charge in [0.05, 0.1) is 22.4 Å². The quantitative estimate of drug-likeness (QED) is 0.835. The van der Waals surface area contributed by atoms with Crippen LogP contribution >= 0.6 is 15.9 Å². The van der Waals surface area contributed by atoms with E-state index in [9.17, 15) is 13.6 Å². The molecule has 1 amide bonds. The third-order valence-corrected chi connectivity index (χ3v) is 3.30. The summed E-state index contributed by atoms with van der Waals surface area (Å²) in [5.74, 6) is -1.94. The molecule has 0 fully saturated rings. The molecule has 0 aromatic heterocycles. The minimum Gasteiger partial charge on any atom is -0.374 e. The van der Waals surface area contributed by atoms with E-state index >= 15 is 0 Å². The number of ether oxygens (including phenoxy) is 1. The van der Waals surface area contributed by atoms with Crippen molar-refractivity contribution in [2.75, 3.05) is 18.6 Å². The Balaban J connectivity index is 2.85. The van der Waals surface area contributed by atoms with Gasteiger partial charge in [-0.3, -0.25) is 4.79 Å². The van der Waals surface area contributed by atoms with Crippen LogP contribution in [0.1, 0.15) is 20.8 Å². The molecule has 0 saturated carbocycles. The summed E-state index contributed by atoms with van der Waals surface area (Å²) in [6.45, 7) is 5.49. The molecule has 1 aromatic rings. The molecule has 0 aliphatic carbocycles. The first-order chi connectivity index (χ1) is 9.53.